The van der Waals surface area contributed by atoms with Crippen LogP contribution in [0.25, 0.3) is 0 Å². The van der Waals surface area contributed by atoms with Crippen molar-refractivity contribution < 1.29 is 13.5 Å². The first-order chi connectivity index (χ1) is 7.93. The van der Waals surface area contributed by atoms with E-state index in [0.29, 0.717) is 18.8 Å². The van der Waals surface area contributed by atoms with E-state index in [-0.39, 0.29) is 23.7 Å². The van der Waals surface area contributed by atoms with Gasteiger partial charge in [0.2, 0.25) is 10.0 Å². The maximum absolute atomic E-state index is 11.7. The zero-order valence-electron chi connectivity index (χ0n) is 10.2. The molecule has 0 saturated heterocycles. The third-order valence-electron chi connectivity index (χ3n) is 3.11. The van der Waals surface area contributed by atoms with Crippen LogP contribution in [0.4, 0.5) is 0 Å². The van der Waals surface area contributed by atoms with E-state index in [4.69, 9.17) is 11.6 Å². The lowest BCUT2D eigenvalue weighted by Gasteiger charge is -2.26. The maximum atomic E-state index is 11.7. The van der Waals surface area contributed by atoms with Crippen LogP contribution in [0, 0.1) is 11.8 Å². The van der Waals surface area contributed by atoms with Crippen LogP contribution in [0.15, 0.2) is 0 Å². The van der Waals surface area contributed by atoms with Gasteiger partial charge in [0.15, 0.2) is 0 Å². The van der Waals surface area contributed by atoms with Gasteiger partial charge in [-0.15, -0.1) is 11.6 Å². The van der Waals surface area contributed by atoms with Crippen molar-refractivity contribution in [2.75, 3.05) is 18.2 Å². The largest absolute Gasteiger partial charge is 0.393 e. The van der Waals surface area contributed by atoms with Crippen molar-refractivity contribution in [1.82, 2.24) is 4.72 Å². The highest BCUT2D eigenvalue weighted by molar-refractivity contribution is 7.89. The molecule has 102 valence electrons. The summed E-state index contributed by atoms with van der Waals surface area (Å²) in [6, 6.07) is 0. The Balaban J connectivity index is 2.33. The third-order valence-corrected chi connectivity index (χ3v) is 5.26. The Morgan fingerprint density at radius 3 is 2.76 bits per heavy atom. The van der Waals surface area contributed by atoms with Crippen molar-refractivity contribution >= 4 is 21.6 Å². The molecule has 0 aliphatic heterocycles. The molecule has 6 heteroatoms. The molecule has 3 unspecified atom stereocenters. The first kappa shape index (κ1) is 15.2. The second-order valence-corrected chi connectivity index (χ2v) is 7.24. The van der Waals surface area contributed by atoms with E-state index >= 15 is 0 Å². The number of hydrogen-bond acceptors (Lipinski definition) is 3. The van der Waals surface area contributed by atoms with Crippen LogP contribution >= 0.6 is 11.6 Å². The highest BCUT2D eigenvalue weighted by Crippen LogP contribution is 2.23. The van der Waals surface area contributed by atoms with E-state index in [2.05, 4.69) is 4.72 Å². The lowest BCUT2D eigenvalue weighted by molar-refractivity contribution is 0.102. The van der Waals surface area contributed by atoms with E-state index in [1.807, 2.05) is 6.92 Å². The maximum Gasteiger partial charge on any atom is 0.211 e. The molecule has 0 bridgehead atoms. The van der Waals surface area contributed by atoms with Crippen molar-refractivity contribution in [1.29, 1.82) is 0 Å². The first-order valence-corrected chi connectivity index (χ1v) is 8.33. The van der Waals surface area contributed by atoms with Crippen molar-refractivity contribution in [3.05, 3.63) is 0 Å². The molecule has 4 nitrogen and oxygen atoms in total. The van der Waals surface area contributed by atoms with Crippen LogP contribution in [0.1, 0.15) is 32.6 Å². The quantitative estimate of drug-likeness (QED) is 0.723. The van der Waals surface area contributed by atoms with Gasteiger partial charge < -0.3 is 5.11 Å². The molecule has 0 amide bonds. The Bertz CT molecular complexity index is 321. The first-order valence-electron chi connectivity index (χ1n) is 6.14. The summed E-state index contributed by atoms with van der Waals surface area (Å²) in [5.41, 5.74) is 0. The number of aliphatic hydroxyl groups excluding tert-OH is 1. The molecular formula is C11H22ClNO3S. The number of nitrogens with one attached hydrogen (secondary N) is 1. The molecule has 0 radical (unpaired) electrons. The van der Waals surface area contributed by atoms with Gasteiger partial charge in [0.1, 0.15) is 0 Å². The van der Waals surface area contributed by atoms with Crippen LogP contribution in [0.5, 0.6) is 0 Å². The minimum atomic E-state index is -3.23. The lowest BCUT2D eigenvalue weighted by Crippen LogP contribution is -2.35. The molecule has 17 heavy (non-hydrogen) atoms. The summed E-state index contributed by atoms with van der Waals surface area (Å²) in [5.74, 6) is 0.653. The molecule has 0 aromatic carbocycles. The fourth-order valence-corrected chi connectivity index (χ4v) is 3.88. The van der Waals surface area contributed by atoms with Gasteiger partial charge in [-0.05, 0) is 31.1 Å². The SMILES string of the molecule is CC(CCl)CS(=O)(=O)NCC1CCCC(O)C1. The van der Waals surface area contributed by atoms with Crippen LogP contribution in [0.3, 0.4) is 0 Å². The molecule has 0 heterocycles. The molecule has 1 aliphatic rings. The van der Waals surface area contributed by atoms with Crippen LogP contribution in [-0.4, -0.2) is 37.8 Å². The molecule has 1 saturated carbocycles. The number of halogens is 1. The number of alkyl halides is 1. The van der Waals surface area contributed by atoms with Gasteiger partial charge in [-0.2, -0.15) is 0 Å². The molecule has 0 aromatic heterocycles. The molecule has 0 aromatic rings. The van der Waals surface area contributed by atoms with Crippen molar-refractivity contribution in [2.45, 2.75) is 38.7 Å². The summed E-state index contributed by atoms with van der Waals surface area (Å²) in [4.78, 5) is 0. The fourth-order valence-electron chi connectivity index (χ4n) is 2.17. The van der Waals surface area contributed by atoms with Gasteiger partial charge in [-0.25, -0.2) is 13.1 Å². The Hall–Kier alpha value is 0.160. The minimum Gasteiger partial charge on any atom is -0.393 e. The Kier molecular flexibility index (Phi) is 6.20. The molecular weight excluding hydrogens is 262 g/mol. The van der Waals surface area contributed by atoms with Crippen molar-refractivity contribution in [2.24, 2.45) is 11.8 Å². The van der Waals surface area contributed by atoms with Gasteiger partial charge in [0.25, 0.3) is 0 Å². The summed E-state index contributed by atoms with van der Waals surface area (Å²) in [7, 11) is -3.23. The average molecular weight is 284 g/mol. The second kappa shape index (κ2) is 6.92. The van der Waals surface area contributed by atoms with E-state index in [1.54, 1.807) is 0 Å². The van der Waals surface area contributed by atoms with E-state index in [1.165, 1.54) is 0 Å². The van der Waals surface area contributed by atoms with Crippen molar-refractivity contribution in [3.63, 3.8) is 0 Å². The van der Waals surface area contributed by atoms with Gasteiger partial charge >= 0.3 is 0 Å². The van der Waals surface area contributed by atoms with Gasteiger partial charge in [-0.1, -0.05) is 13.3 Å². The van der Waals surface area contributed by atoms with Gasteiger partial charge in [0, 0.05) is 12.4 Å². The second-order valence-electron chi connectivity index (χ2n) is 5.08. The van der Waals surface area contributed by atoms with E-state index in [0.717, 1.165) is 19.3 Å². The Labute approximate surface area is 109 Å². The monoisotopic (exact) mass is 283 g/mol. The summed E-state index contributed by atoms with van der Waals surface area (Å²) in [6.07, 6.45) is 3.25. The number of aliphatic hydroxyl groups is 1. The topological polar surface area (TPSA) is 66.4 Å². The Morgan fingerprint density at radius 2 is 2.18 bits per heavy atom. The number of sulfonamides is 1. The standard InChI is InChI=1S/C11H22ClNO3S/c1-9(6-12)8-17(15,16)13-7-10-3-2-4-11(14)5-10/h9-11,13-14H,2-8H2,1H3. The summed E-state index contributed by atoms with van der Waals surface area (Å²) >= 11 is 5.60. The van der Waals surface area contributed by atoms with Crippen LogP contribution in [-0.2, 0) is 10.0 Å². The number of hydrogen-bond donors (Lipinski definition) is 2. The average Bonchev–Trinajstić information content (AvgIpc) is 2.26. The predicted molar refractivity (Wildman–Crippen MR) is 69.6 cm³/mol. The van der Waals surface area contributed by atoms with Gasteiger partial charge in [0.05, 0.1) is 11.9 Å². The smallest absolute Gasteiger partial charge is 0.211 e. The number of rotatable bonds is 6. The van der Waals surface area contributed by atoms with Crippen molar-refractivity contribution in [3.8, 4) is 0 Å². The minimum absolute atomic E-state index is 0.0360. The van der Waals surface area contributed by atoms with Crippen LogP contribution < -0.4 is 4.72 Å². The highest BCUT2D eigenvalue weighted by Gasteiger charge is 2.22. The summed E-state index contributed by atoms with van der Waals surface area (Å²) in [5, 5.41) is 9.50. The third kappa shape index (κ3) is 6.04. The highest BCUT2D eigenvalue weighted by atomic mass is 35.5. The molecule has 1 rings (SSSR count). The molecule has 0 spiro atoms. The Morgan fingerprint density at radius 1 is 1.47 bits per heavy atom. The van der Waals surface area contributed by atoms with E-state index in [9.17, 15) is 13.5 Å². The lowest BCUT2D eigenvalue weighted by atomic mass is 9.87. The summed E-state index contributed by atoms with van der Waals surface area (Å²) < 4.78 is 26.0. The normalized spacial score (nSPS) is 27.9. The molecule has 2 N–H and O–H groups in total. The zero-order valence-corrected chi connectivity index (χ0v) is 11.8. The van der Waals surface area contributed by atoms with E-state index < -0.39 is 10.0 Å². The predicted octanol–water partition coefficient (Wildman–Crippen LogP) is 1.33. The molecule has 1 fully saturated rings. The van der Waals surface area contributed by atoms with Crippen LogP contribution in [0.2, 0.25) is 0 Å². The molecule has 3 atom stereocenters. The molecule has 1 aliphatic carbocycles. The fraction of sp³-hybridized carbons (Fsp3) is 1.00. The van der Waals surface area contributed by atoms with Gasteiger partial charge in [-0.3, -0.25) is 0 Å². The summed E-state index contributed by atoms with van der Waals surface area (Å²) in [6.45, 7) is 2.25. The zero-order chi connectivity index (χ0) is 12.9.